The molecular formula is C24H29N3O. The standard InChI is InChI=1S/C24H29N3O/c1-2-18-8-9-23-20(14-18)15-21(24(28)26-23)16-25-22-10-12-27(13-11-22)17-19-6-4-3-5-7-19/h3-9,14-15,22,25H,2,10-13,16-17H2,1H3,(H,26,28). The molecule has 2 heterocycles. The largest absolute Gasteiger partial charge is 0.322 e. The van der Waals surface area contributed by atoms with Gasteiger partial charge in [0, 0.05) is 30.2 Å². The Hall–Kier alpha value is -2.43. The minimum atomic E-state index is 0.0192. The fourth-order valence-corrected chi connectivity index (χ4v) is 4.04. The van der Waals surface area contributed by atoms with Gasteiger partial charge in [-0.2, -0.15) is 0 Å². The first-order chi connectivity index (χ1) is 13.7. The molecule has 1 aliphatic heterocycles. The molecule has 4 nitrogen and oxygen atoms in total. The smallest absolute Gasteiger partial charge is 0.252 e. The number of nitrogens with one attached hydrogen (secondary N) is 2. The number of piperidine rings is 1. The molecule has 2 N–H and O–H groups in total. The van der Waals surface area contributed by atoms with Gasteiger partial charge in [-0.1, -0.05) is 43.3 Å². The quantitative estimate of drug-likeness (QED) is 0.688. The lowest BCUT2D eigenvalue weighted by Gasteiger charge is -2.32. The first-order valence-corrected chi connectivity index (χ1v) is 10.4. The molecule has 2 aromatic carbocycles. The van der Waals surface area contributed by atoms with Gasteiger partial charge in [0.15, 0.2) is 0 Å². The third-order valence-electron chi connectivity index (χ3n) is 5.81. The second-order valence-corrected chi connectivity index (χ2v) is 7.82. The van der Waals surface area contributed by atoms with Crippen LogP contribution in [0.25, 0.3) is 10.9 Å². The number of rotatable bonds is 6. The van der Waals surface area contributed by atoms with Gasteiger partial charge in [0.05, 0.1) is 0 Å². The molecular weight excluding hydrogens is 346 g/mol. The van der Waals surface area contributed by atoms with E-state index in [9.17, 15) is 4.79 Å². The number of hydrogen-bond acceptors (Lipinski definition) is 3. The van der Waals surface area contributed by atoms with Crippen molar-refractivity contribution in [3.05, 3.63) is 81.6 Å². The van der Waals surface area contributed by atoms with Gasteiger partial charge in [-0.3, -0.25) is 9.69 Å². The molecule has 0 radical (unpaired) electrons. The second-order valence-electron chi connectivity index (χ2n) is 7.82. The number of aromatic nitrogens is 1. The zero-order chi connectivity index (χ0) is 19.3. The topological polar surface area (TPSA) is 48.1 Å². The lowest BCUT2D eigenvalue weighted by Crippen LogP contribution is -2.42. The van der Waals surface area contributed by atoms with Gasteiger partial charge in [0.1, 0.15) is 0 Å². The average molecular weight is 376 g/mol. The van der Waals surface area contributed by atoms with Crippen LogP contribution in [0.3, 0.4) is 0 Å². The molecule has 0 bridgehead atoms. The Labute approximate surface area is 166 Å². The van der Waals surface area contributed by atoms with Crippen LogP contribution < -0.4 is 10.9 Å². The first kappa shape index (κ1) is 18.9. The summed E-state index contributed by atoms with van der Waals surface area (Å²) >= 11 is 0. The number of fused-ring (bicyclic) bond motifs is 1. The van der Waals surface area contributed by atoms with Crippen LogP contribution in [0.2, 0.25) is 0 Å². The molecule has 0 amide bonds. The van der Waals surface area contributed by atoms with Crippen molar-refractivity contribution in [3.8, 4) is 0 Å². The Bertz CT molecular complexity index is 972. The van der Waals surface area contributed by atoms with E-state index >= 15 is 0 Å². The molecule has 1 fully saturated rings. The summed E-state index contributed by atoms with van der Waals surface area (Å²) in [4.78, 5) is 18.0. The molecule has 0 atom stereocenters. The molecule has 0 spiro atoms. The summed E-state index contributed by atoms with van der Waals surface area (Å²) in [6.07, 6.45) is 3.25. The Morgan fingerprint density at radius 1 is 1.04 bits per heavy atom. The van der Waals surface area contributed by atoms with Crippen LogP contribution >= 0.6 is 0 Å². The van der Waals surface area contributed by atoms with Crippen molar-refractivity contribution >= 4 is 10.9 Å². The maximum atomic E-state index is 12.4. The number of likely N-dealkylation sites (tertiary alicyclic amines) is 1. The van der Waals surface area contributed by atoms with Crippen molar-refractivity contribution in [2.45, 2.75) is 45.3 Å². The summed E-state index contributed by atoms with van der Waals surface area (Å²) in [7, 11) is 0. The number of aryl methyl sites for hydroxylation is 1. The van der Waals surface area contributed by atoms with Gasteiger partial charge in [0.2, 0.25) is 0 Å². The van der Waals surface area contributed by atoms with Crippen LogP contribution in [0.4, 0.5) is 0 Å². The van der Waals surface area contributed by atoms with Gasteiger partial charge in [-0.25, -0.2) is 0 Å². The fourth-order valence-electron chi connectivity index (χ4n) is 4.04. The summed E-state index contributed by atoms with van der Waals surface area (Å²) in [5.41, 5.74) is 4.44. The number of aromatic amines is 1. The number of H-pyrrole nitrogens is 1. The first-order valence-electron chi connectivity index (χ1n) is 10.4. The molecule has 1 aromatic heterocycles. The summed E-state index contributed by atoms with van der Waals surface area (Å²) in [5, 5.41) is 4.73. The third kappa shape index (κ3) is 4.51. The van der Waals surface area contributed by atoms with Crippen LogP contribution in [0.1, 0.15) is 36.5 Å². The summed E-state index contributed by atoms with van der Waals surface area (Å²) in [6.45, 7) is 6.00. The predicted molar refractivity (Wildman–Crippen MR) is 116 cm³/mol. The molecule has 0 aliphatic carbocycles. The SMILES string of the molecule is CCc1ccc2[nH]c(=O)c(CNC3CCN(Cc4ccccc4)CC3)cc2c1. The van der Waals surface area contributed by atoms with Crippen LogP contribution in [0.5, 0.6) is 0 Å². The van der Waals surface area contributed by atoms with E-state index in [2.05, 4.69) is 64.6 Å². The molecule has 146 valence electrons. The molecule has 4 rings (SSSR count). The van der Waals surface area contributed by atoms with E-state index in [0.717, 1.165) is 55.4 Å². The Balaban J connectivity index is 1.33. The Kier molecular flexibility index (Phi) is 5.89. The number of benzene rings is 2. The highest BCUT2D eigenvalue weighted by Crippen LogP contribution is 2.16. The number of pyridine rings is 1. The van der Waals surface area contributed by atoms with Crippen molar-refractivity contribution in [3.63, 3.8) is 0 Å². The van der Waals surface area contributed by atoms with Crippen molar-refractivity contribution in [1.29, 1.82) is 0 Å². The van der Waals surface area contributed by atoms with Gasteiger partial charge in [0.25, 0.3) is 5.56 Å². The number of nitrogens with zero attached hydrogens (tertiary/aromatic N) is 1. The minimum Gasteiger partial charge on any atom is -0.322 e. The van der Waals surface area contributed by atoms with E-state index in [0.29, 0.717) is 12.6 Å². The van der Waals surface area contributed by atoms with Crippen LogP contribution in [-0.2, 0) is 19.5 Å². The summed E-state index contributed by atoms with van der Waals surface area (Å²) in [6, 6.07) is 19.5. The van der Waals surface area contributed by atoms with Crippen LogP contribution in [0, 0.1) is 0 Å². The summed E-state index contributed by atoms with van der Waals surface area (Å²) in [5.74, 6) is 0. The highest BCUT2D eigenvalue weighted by Gasteiger charge is 2.19. The molecule has 28 heavy (non-hydrogen) atoms. The fraction of sp³-hybridized carbons (Fsp3) is 0.375. The van der Waals surface area contributed by atoms with Crippen LogP contribution in [-0.4, -0.2) is 29.0 Å². The van der Waals surface area contributed by atoms with Gasteiger partial charge < -0.3 is 10.3 Å². The van der Waals surface area contributed by atoms with Gasteiger partial charge in [-0.15, -0.1) is 0 Å². The highest BCUT2D eigenvalue weighted by molar-refractivity contribution is 5.79. The summed E-state index contributed by atoms with van der Waals surface area (Å²) < 4.78 is 0. The molecule has 1 aliphatic rings. The normalized spacial score (nSPS) is 15.9. The lowest BCUT2D eigenvalue weighted by molar-refractivity contribution is 0.190. The van der Waals surface area contributed by atoms with Crippen LogP contribution in [0.15, 0.2) is 59.4 Å². The van der Waals surface area contributed by atoms with E-state index in [1.165, 1.54) is 11.1 Å². The number of hydrogen-bond donors (Lipinski definition) is 2. The lowest BCUT2D eigenvalue weighted by atomic mass is 10.0. The van der Waals surface area contributed by atoms with E-state index in [1.807, 2.05) is 12.1 Å². The van der Waals surface area contributed by atoms with Crippen molar-refractivity contribution in [2.75, 3.05) is 13.1 Å². The molecule has 4 heteroatoms. The maximum absolute atomic E-state index is 12.4. The average Bonchev–Trinajstić information content (AvgIpc) is 2.74. The molecule has 0 saturated carbocycles. The zero-order valence-corrected chi connectivity index (χ0v) is 16.6. The molecule has 3 aromatic rings. The van der Waals surface area contributed by atoms with Gasteiger partial charge in [-0.05, 0) is 67.1 Å². The zero-order valence-electron chi connectivity index (χ0n) is 16.6. The maximum Gasteiger partial charge on any atom is 0.252 e. The monoisotopic (exact) mass is 375 g/mol. The minimum absolute atomic E-state index is 0.0192. The Morgan fingerprint density at radius 3 is 2.57 bits per heavy atom. The van der Waals surface area contributed by atoms with Crippen molar-refractivity contribution in [2.24, 2.45) is 0 Å². The van der Waals surface area contributed by atoms with E-state index in [4.69, 9.17) is 0 Å². The Morgan fingerprint density at radius 2 is 1.82 bits per heavy atom. The third-order valence-corrected chi connectivity index (χ3v) is 5.81. The predicted octanol–water partition coefficient (Wildman–Crippen LogP) is 3.84. The van der Waals surface area contributed by atoms with Gasteiger partial charge >= 0.3 is 0 Å². The second kappa shape index (κ2) is 8.72. The van der Waals surface area contributed by atoms with E-state index in [1.54, 1.807) is 0 Å². The van der Waals surface area contributed by atoms with E-state index in [-0.39, 0.29) is 5.56 Å². The highest BCUT2D eigenvalue weighted by atomic mass is 16.1. The molecule has 1 saturated heterocycles. The van der Waals surface area contributed by atoms with Crippen molar-refractivity contribution in [1.82, 2.24) is 15.2 Å². The molecule has 0 unspecified atom stereocenters. The van der Waals surface area contributed by atoms with Crippen molar-refractivity contribution < 1.29 is 0 Å². The van der Waals surface area contributed by atoms with E-state index < -0.39 is 0 Å².